The molecule has 0 aliphatic carbocycles. The first kappa shape index (κ1) is 14.0. The van der Waals surface area contributed by atoms with Gasteiger partial charge in [-0.2, -0.15) is 0 Å². The Bertz CT molecular complexity index is 739. The van der Waals surface area contributed by atoms with Crippen molar-refractivity contribution in [2.75, 3.05) is 5.32 Å². The lowest BCUT2D eigenvalue weighted by molar-refractivity contribution is 0.209. The van der Waals surface area contributed by atoms with Crippen molar-refractivity contribution in [2.24, 2.45) is 5.14 Å². The van der Waals surface area contributed by atoms with Crippen molar-refractivity contribution < 1.29 is 18.3 Å². The van der Waals surface area contributed by atoms with Gasteiger partial charge in [0, 0.05) is 11.3 Å². The van der Waals surface area contributed by atoms with E-state index in [4.69, 9.17) is 10.2 Å². The lowest BCUT2D eigenvalue weighted by atomic mass is 10.1. The van der Waals surface area contributed by atoms with E-state index in [-0.39, 0.29) is 4.90 Å². The van der Waals surface area contributed by atoms with Crippen molar-refractivity contribution in [1.82, 2.24) is 0 Å². The molecule has 0 fully saturated rings. The third-order valence-corrected chi connectivity index (χ3v) is 3.61. The van der Waals surface area contributed by atoms with Crippen LogP contribution in [0.1, 0.15) is 0 Å². The summed E-state index contributed by atoms with van der Waals surface area (Å²) >= 11 is 0. The molecule has 0 atom stereocenters. The Morgan fingerprint density at radius 3 is 2.20 bits per heavy atom. The maximum Gasteiger partial charge on any atom is 0.409 e. The van der Waals surface area contributed by atoms with E-state index in [0.29, 0.717) is 16.8 Å². The number of carboxylic acid groups (broad SMARTS) is 1. The minimum absolute atomic E-state index is 0.0268. The van der Waals surface area contributed by atoms with Crippen LogP contribution in [-0.2, 0) is 10.0 Å². The molecule has 0 heterocycles. The van der Waals surface area contributed by atoms with Gasteiger partial charge < -0.3 is 5.11 Å². The topological polar surface area (TPSA) is 109 Å². The van der Waals surface area contributed by atoms with Crippen molar-refractivity contribution in [3.8, 4) is 11.1 Å². The first-order valence-corrected chi connectivity index (χ1v) is 7.15. The Hall–Kier alpha value is -2.38. The molecule has 20 heavy (non-hydrogen) atoms. The van der Waals surface area contributed by atoms with Crippen molar-refractivity contribution in [2.45, 2.75) is 4.90 Å². The highest BCUT2D eigenvalue weighted by Crippen LogP contribution is 2.27. The van der Waals surface area contributed by atoms with Crippen molar-refractivity contribution >= 4 is 21.8 Å². The fraction of sp³-hybridized carbons (Fsp3) is 0. The first-order chi connectivity index (χ1) is 9.38. The van der Waals surface area contributed by atoms with Crippen LogP contribution in [0.25, 0.3) is 11.1 Å². The molecule has 0 aliphatic heterocycles. The van der Waals surface area contributed by atoms with E-state index >= 15 is 0 Å². The molecule has 0 saturated heterocycles. The summed E-state index contributed by atoms with van der Waals surface area (Å²) in [6.45, 7) is 0. The number of anilines is 1. The number of primary sulfonamides is 1. The van der Waals surface area contributed by atoms with Crippen LogP contribution in [0.4, 0.5) is 10.5 Å². The van der Waals surface area contributed by atoms with E-state index in [1.807, 2.05) is 0 Å². The molecule has 7 heteroatoms. The summed E-state index contributed by atoms with van der Waals surface area (Å²) in [6.07, 6.45) is -1.16. The SMILES string of the molecule is NS(=O)(=O)c1ccccc1-c1ccc(NC(=O)O)cc1. The lowest BCUT2D eigenvalue weighted by Crippen LogP contribution is -2.13. The highest BCUT2D eigenvalue weighted by atomic mass is 32.2. The van der Waals surface area contributed by atoms with Crippen LogP contribution in [-0.4, -0.2) is 19.6 Å². The second-order valence-electron chi connectivity index (χ2n) is 4.05. The van der Waals surface area contributed by atoms with E-state index in [1.165, 1.54) is 6.07 Å². The van der Waals surface area contributed by atoms with Gasteiger partial charge in [0.2, 0.25) is 10.0 Å². The van der Waals surface area contributed by atoms with E-state index in [9.17, 15) is 13.2 Å². The molecule has 0 aliphatic rings. The summed E-state index contributed by atoms with van der Waals surface area (Å²) in [7, 11) is -3.82. The molecule has 6 nitrogen and oxygen atoms in total. The van der Waals surface area contributed by atoms with Gasteiger partial charge in [-0.3, -0.25) is 5.32 Å². The number of rotatable bonds is 3. The molecule has 0 spiro atoms. The Kier molecular flexibility index (Phi) is 3.73. The van der Waals surface area contributed by atoms with E-state index < -0.39 is 16.1 Å². The third kappa shape index (κ3) is 3.14. The molecular weight excluding hydrogens is 280 g/mol. The molecule has 2 rings (SSSR count). The summed E-state index contributed by atoms with van der Waals surface area (Å²) < 4.78 is 23.1. The quantitative estimate of drug-likeness (QED) is 0.804. The molecule has 0 radical (unpaired) electrons. The Labute approximate surface area is 115 Å². The van der Waals surface area contributed by atoms with E-state index in [1.54, 1.807) is 42.5 Å². The van der Waals surface area contributed by atoms with Crippen molar-refractivity contribution in [3.05, 3.63) is 48.5 Å². The highest BCUT2D eigenvalue weighted by Gasteiger charge is 2.14. The van der Waals surface area contributed by atoms with Crippen LogP contribution in [0.2, 0.25) is 0 Å². The number of sulfonamides is 1. The van der Waals surface area contributed by atoms with E-state index in [2.05, 4.69) is 5.32 Å². The van der Waals surface area contributed by atoms with Crippen LogP contribution in [0, 0.1) is 0 Å². The predicted octanol–water partition coefficient (Wildman–Crippen LogP) is 2.09. The molecule has 0 aromatic heterocycles. The highest BCUT2D eigenvalue weighted by molar-refractivity contribution is 7.89. The maximum absolute atomic E-state index is 11.5. The van der Waals surface area contributed by atoms with Gasteiger partial charge in [-0.1, -0.05) is 30.3 Å². The third-order valence-electron chi connectivity index (χ3n) is 2.64. The van der Waals surface area contributed by atoms with Gasteiger partial charge in [-0.05, 0) is 23.8 Å². The fourth-order valence-electron chi connectivity index (χ4n) is 1.81. The summed E-state index contributed by atoms with van der Waals surface area (Å²) in [5.41, 5.74) is 1.50. The normalized spacial score (nSPS) is 11.1. The van der Waals surface area contributed by atoms with Crippen molar-refractivity contribution in [3.63, 3.8) is 0 Å². The second kappa shape index (κ2) is 5.32. The Morgan fingerprint density at radius 2 is 1.65 bits per heavy atom. The molecule has 4 N–H and O–H groups in total. The molecular formula is C13H12N2O4S. The van der Waals surface area contributed by atoms with Gasteiger partial charge in [0.25, 0.3) is 0 Å². The van der Waals surface area contributed by atoms with Gasteiger partial charge in [0.1, 0.15) is 0 Å². The summed E-state index contributed by atoms with van der Waals surface area (Å²) in [4.78, 5) is 10.5. The summed E-state index contributed by atoms with van der Waals surface area (Å²) in [5.74, 6) is 0. The van der Waals surface area contributed by atoms with Crippen molar-refractivity contribution in [1.29, 1.82) is 0 Å². The zero-order chi connectivity index (χ0) is 14.8. The minimum atomic E-state index is -3.82. The Balaban J connectivity index is 2.45. The number of benzene rings is 2. The zero-order valence-electron chi connectivity index (χ0n) is 10.3. The predicted molar refractivity (Wildman–Crippen MR) is 74.9 cm³/mol. The second-order valence-corrected chi connectivity index (χ2v) is 5.58. The van der Waals surface area contributed by atoms with Crippen LogP contribution >= 0.6 is 0 Å². The molecule has 104 valence electrons. The summed E-state index contributed by atoms with van der Waals surface area (Å²) in [6, 6.07) is 12.7. The fourth-order valence-corrected chi connectivity index (χ4v) is 2.57. The molecule has 1 amide bonds. The lowest BCUT2D eigenvalue weighted by Gasteiger charge is -2.08. The van der Waals surface area contributed by atoms with Crippen LogP contribution in [0.5, 0.6) is 0 Å². The smallest absolute Gasteiger partial charge is 0.409 e. The van der Waals surface area contributed by atoms with Gasteiger partial charge in [-0.15, -0.1) is 0 Å². The number of nitrogens with two attached hydrogens (primary N) is 1. The average molecular weight is 292 g/mol. The van der Waals surface area contributed by atoms with Gasteiger partial charge in [0.15, 0.2) is 0 Å². The largest absolute Gasteiger partial charge is 0.465 e. The number of amides is 1. The Morgan fingerprint density at radius 1 is 1.05 bits per heavy atom. The monoisotopic (exact) mass is 292 g/mol. The molecule has 2 aromatic rings. The van der Waals surface area contributed by atoms with Gasteiger partial charge >= 0.3 is 6.09 Å². The molecule has 0 saturated carbocycles. The molecule has 0 bridgehead atoms. The van der Waals surface area contributed by atoms with Gasteiger partial charge in [0.05, 0.1) is 4.90 Å². The number of carbonyl (C=O) groups is 1. The number of hydrogen-bond donors (Lipinski definition) is 3. The van der Waals surface area contributed by atoms with E-state index in [0.717, 1.165) is 0 Å². The van der Waals surface area contributed by atoms with Crippen LogP contribution in [0.3, 0.4) is 0 Å². The summed E-state index contributed by atoms with van der Waals surface area (Å²) in [5, 5.41) is 16.0. The van der Waals surface area contributed by atoms with Gasteiger partial charge in [-0.25, -0.2) is 18.4 Å². The molecule has 0 unspecified atom stereocenters. The zero-order valence-corrected chi connectivity index (χ0v) is 11.1. The number of nitrogens with one attached hydrogen (secondary N) is 1. The first-order valence-electron chi connectivity index (χ1n) is 5.60. The number of hydrogen-bond acceptors (Lipinski definition) is 3. The van der Waals surface area contributed by atoms with Crippen LogP contribution in [0.15, 0.2) is 53.4 Å². The standard InChI is InChI=1S/C13H12N2O4S/c14-20(18,19)12-4-2-1-3-11(12)9-5-7-10(8-6-9)15-13(16)17/h1-8,15H,(H,16,17)(H2,14,18,19). The maximum atomic E-state index is 11.5. The van der Waals surface area contributed by atoms with Crippen LogP contribution < -0.4 is 10.5 Å². The average Bonchev–Trinajstić information content (AvgIpc) is 2.38. The molecule has 2 aromatic carbocycles. The minimum Gasteiger partial charge on any atom is -0.465 e.